The lowest BCUT2D eigenvalue weighted by Gasteiger charge is -2.26. The number of hydrogen-bond acceptors (Lipinski definition) is 2. The van der Waals surface area contributed by atoms with Crippen molar-refractivity contribution in [2.24, 2.45) is 0 Å². The molecule has 0 fully saturated rings. The monoisotopic (exact) mass is 239 g/mol. The van der Waals surface area contributed by atoms with Crippen LogP contribution in [0.4, 0.5) is 13.2 Å². The number of nitrogens with zero attached hydrogens (tertiary/aromatic N) is 1. The first-order chi connectivity index (χ1) is 7.91. The Labute approximate surface area is 95.9 Å². The molecule has 0 saturated carbocycles. The van der Waals surface area contributed by atoms with Crippen LogP contribution in [0.25, 0.3) is 6.08 Å². The summed E-state index contributed by atoms with van der Waals surface area (Å²) >= 11 is 0. The number of hydrogen-bond donors (Lipinski definition) is 0. The van der Waals surface area contributed by atoms with Gasteiger partial charge in [-0.05, 0) is 24.6 Å². The molecular formula is C12H8F3NO. The first kappa shape index (κ1) is 11.5. The molecule has 0 aliphatic carbocycles. The minimum absolute atomic E-state index is 0.159. The SMILES string of the molecule is Cc1ccc2c(c1)O[C@@H](C(F)(F)F)C(C#N)=C2. The Morgan fingerprint density at radius 1 is 1.35 bits per heavy atom. The van der Waals surface area contributed by atoms with Crippen LogP contribution in [0, 0.1) is 18.3 Å². The van der Waals surface area contributed by atoms with Gasteiger partial charge in [0.25, 0.3) is 0 Å². The molecule has 0 N–H and O–H groups in total. The highest BCUT2D eigenvalue weighted by atomic mass is 19.4. The number of nitriles is 1. The van der Waals surface area contributed by atoms with E-state index in [-0.39, 0.29) is 5.75 Å². The topological polar surface area (TPSA) is 33.0 Å². The van der Waals surface area contributed by atoms with Crippen molar-refractivity contribution in [3.05, 3.63) is 34.9 Å². The highest BCUT2D eigenvalue weighted by Gasteiger charge is 2.46. The molecule has 5 heteroatoms. The van der Waals surface area contributed by atoms with Crippen LogP contribution < -0.4 is 4.74 Å². The van der Waals surface area contributed by atoms with E-state index in [9.17, 15) is 13.2 Å². The number of aryl methyl sites for hydroxylation is 1. The maximum absolute atomic E-state index is 12.7. The fraction of sp³-hybridized carbons (Fsp3) is 0.250. The van der Waals surface area contributed by atoms with E-state index >= 15 is 0 Å². The summed E-state index contributed by atoms with van der Waals surface area (Å²) in [6, 6.07) is 6.44. The van der Waals surface area contributed by atoms with Crippen LogP contribution in [0.3, 0.4) is 0 Å². The van der Waals surface area contributed by atoms with Crippen molar-refractivity contribution in [1.82, 2.24) is 0 Å². The number of benzene rings is 1. The fourth-order valence-corrected chi connectivity index (χ4v) is 1.63. The number of halogens is 3. The molecule has 1 atom stereocenters. The van der Waals surface area contributed by atoms with Gasteiger partial charge < -0.3 is 4.74 Å². The van der Waals surface area contributed by atoms with Gasteiger partial charge in [-0.2, -0.15) is 18.4 Å². The molecule has 0 saturated heterocycles. The van der Waals surface area contributed by atoms with Gasteiger partial charge in [0.15, 0.2) is 0 Å². The molecule has 0 aromatic heterocycles. The standard InChI is InChI=1S/C12H8F3NO/c1-7-2-3-8-5-9(6-16)11(12(13,14)15)17-10(8)4-7/h2-5,11H,1H3/t11-/m1/s1. The minimum Gasteiger partial charge on any atom is -0.475 e. The predicted molar refractivity (Wildman–Crippen MR) is 55.2 cm³/mol. The van der Waals surface area contributed by atoms with Crippen molar-refractivity contribution >= 4 is 6.08 Å². The number of ether oxygens (including phenoxy) is 1. The summed E-state index contributed by atoms with van der Waals surface area (Å²) < 4.78 is 42.8. The maximum atomic E-state index is 12.7. The van der Waals surface area contributed by atoms with Crippen molar-refractivity contribution < 1.29 is 17.9 Å². The zero-order valence-electron chi connectivity index (χ0n) is 8.88. The molecule has 1 aliphatic heterocycles. The third-order valence-corrected chi connectivity index (χ3v) is 2.43. The highest BCUT2D eigenvalue weighted by molar-refractivity contribution is 5.67. The van der Waals surface area contributed by atoms with Gasteiger partial charge in [0.1, 0.15) is 5.75 Å². The Morgan fingerprint density at radius 3 is 2.65 bits per heavy atom. The predicted octanol–water partition coefficient (Wildman–Crippen LogP) is 3.23. The van der Waals surface area contributed by atoms with Crippen LogP contribution >= 0.6 is 0 Å². The second-order valence-corrected chi connectivity index (χ2v) is 3.79. The van der Waals surface area contributed by atoms with Crippen molar-refractivity contribution in [3.63, 3.8) is 0 Å². The summed E-state index contributed by atoms with van der Waals surface area (Å²) in [6.07, 6.45) is -5.53. The van der Waals surface area contributed by atoms with Gasteiger partial charge in [-0.1, -0.05) is 12.1 Å². The molecule has 0 spiro atoms. The van der Waals surface area contributed by atoms with E-state index in [1.807, 2.05) is 0 Å². The third-order valence-electron chi connectivity index (χ3n) is 2.43. The zero-order chi connectivity index (χ0) is 12.6. The van der Waals surface area contributed by atoms with E-state index < -0.39 is 17.9 Å². The number of alkyl halides is 3. The second kappa shape index (κ2) is 3.81. The van der Waals surface area contributed by atoms with Gasteiger partial charge in [0.2, 0.25) is 6.10 Å². The normalized spacial score (nSPS) is 18.8. The first-order valence-electron chi connectivity index (χ1n) is 4.87. The van der Waals surface area contributed by atoms with Gasteiger partial charge in [-0.3, -0.25) is 0 Å². The maximum Gasteiger partial charge on any atom is 0.430 e. The van der Waals surface area contributed by atoms with E-state index in [2.05, 4.69) is 0 Å². The average molecular weight is 239 g/mol. The molecule has 1 aromatic carbocycles. The molecule has 1 aliphatic rings. The van der Waals surface area contributed by atoms with Crippen LogP contribution in [0.2, 0.25) is 0 Å². The summed E-state index contributed by atoms with van der Waals surface area (Å²) in [4.78, 5) is 0. The van der Waals surface area contributed by atoms with Gasteiger partial charge >= 0.3 is 6.18 Å². The lowest BCUT2D eigenvalue weighted by atomic mass is 10.0. The van der Waals surface area contributed by atoms with Crippen LogP contribution in [-0.2, 0) is 0 Å². The van der Waals surface area contributed by atoms with Crippen molar-refractivity contribution in [2.45, 2.75) is 19.2 Å². The zero-order valence-corrected chi connectivity index (χ0v) is 8.88. The minimum atomic E-state index is -4.58. The molecule has 0 amide bonds. The molecule has 0 radical (unpaired) electrons. The quantitative estimate of drug-likeness (QED) is 0.696. The number of rotatable bonds is 0. The van der Waals surface area contributed by atoms with E-state index in [0.717, 1.165) is 5.56 Å². The molecule has 0 unspecified atom stereocenters. The summed E-state index contributed by atoms with van der Waals surface area (Å²) in [5.41, 5.74) is 0.875. The largest absolute Gasteiger partial charge is 0.475 e. The molecule has 1 heterocycles. The van der Waals surface area contributed by atoms with Crippen LogP contribution in [0.15, 0.2) is 23.8 Å². The van der Waals surface area contributed by atoms with Gasteiger partial charge in [-0.15, -0.1) is 0 Å². The molecule has 17 heavy (non-hydrogen) atoms. The molecule has 2 rings (SSSR count). The summed E-state index contributed by atoms with van der Waals surface area (Å²) in [6.45, 7) is 1.76. The molecule has 88 valence electrons. The second-order valence-electron chi connectivity index (χ2n) is 3.79. The van der Waals surface area contributed by atoms with Crippen LogP contribution in [-0.4, -0.2) is 12.3 Å². The molecule has 1 aromatic rings. The lowest BCUT2D eigenvalue weighted by Crippen LogP contribution is -2.37. The molecule has 0 bridgehead atoms. The van der Waals surface area contributed by atoms with Gasteiger partial charge in [0.05, 0.1) is 11.6 Å². The van der Waals surface area contributed by atoms with E-state index in [0.29, 0.717) is 5.56 Å². The summed E-state index contributed by atoms with van der Waals surface area (Å²) in [5.74, 6) is 0.159. The van der Waals surface area contributed by atoms with E-state index in [1.165, 1.54) is 18.2 Å². The van der Waals surface area contributed by atoms with E-state index in [4.69, 9.17) is 10.00 Å². The molecule has 2 nitrogen and oxygen atoms in total. The fourth-order valence-electron chi connectivity index (χ4n) is 1.63. The van der Waals surface area contributed by atoms with Crippen LogP contribution in [0.1, 0.15) is 11.1 Å². The average Bonchev–Trinajstić information content (AvgIpc) is 2.26. The van der Waals surface area contributed by atoms with Gasteiger partial charge in [0, 0.05) is 5.56 Å². The van der Waals surface area contributed by atoms with Crippen molar-refractivity contribution in [2.75, 3.05) is 0 Å². The Hall–Kier alpha value is -1.96. The Bertz CT molecular complexity index is 526. The third kappa shape index (κ3) is 2.11. The van der Waals surface area contributed by atoms with Crippen LogP contribution in [0.5, 0.6) is 5.75 Å². The number of fused-ring (bicyclic) bond motifs is 1. The summed E-state index contributed by atoms with van der Waals surface area (Å²) in [5, 5.41) is 8.71. The summed E-state index contributed by atoms with van der Waals surface area (Å²) in [7, 11) is 0. The first-order valence-corrected chi connectivity index (χ1v) is 4.87. The lowest BCUT2D eigenvalue weighted by molar-refractivity contribution is -0.182. The van der Waals surface area contributed by atoms with E-state index in [1.54, 1.807) is 19.1 Å². The highest BCUT2D eigenvalue weighted by Crippen LogP contribution is 2.37. The Kier molecular flexibility index (Phi) is 2.58. The molecular weight excluding hydrogens is 231 g/mol. The smallest absolute Gasteiger partial charge is 0.430 e. The van der Waals surface area contributed by atoms with Crippen molar-refractivity contribution in [1.29, 1.82) is 5.26 Å². The van der Waals surface area contributed by atoms with Gasteiger partial charge in [-0.25, -0.2) is 0 Å². The Morgan fingerprint density at radius 2 is 2.06 bits per heavy atom. The Balaban J connectivity index is 2.50. The van der Waals surface area contributed by atoms with Crippen molar-refractivity contribution in [3.8, 4) is 11.8 Å².